The van der Waals surface area contributed by atoms with Crippen molar-refractivity contribution in [3.8, 4) is 0 Å². The van der Waals surface area contributed by atoms with E-state index >= 15 is 0 Å². The van der Waals surface area contributed by atoms with Gasteiger partial charge in [0, 0.05) is 18.5 Å². The van der Waals surface area contributed by atoms with Crippen LogP contribution in [0.4, 0.5) is 0 Å². The Morgan fingerprint density at radius 3 is 2.55 bits per heavy atom. The van der Waals surface area contributed by atoms with Crippen LogP contribution in [0.25, 0.3) is 0 Å². The molecule has 1 aliphatic heterocycles. The Morgan fingerprint density at radius 2 is 1.86 bits per heavy atom. The second kappa shape index (κ2) is 8.99. The van der Waals surface area contributed by atoms with Gasteiger partial charge in [-0.1, -0.05) is 61.9 Å². The standard InChI is InChI=1S/C24H32N2O2S/c1-2-3-14-29(27,28)25-18-20-10-11-21-17-24(26-12-7-13-26)23(22(21)16-20)15-19-8-5-4-6-9-19/h4-6,8-11,16,23-25H,2-3,7,12-15,17-18H2,1H3. The molecule has 5 heteroatoms. The summed E-state index contributed by atoms with van der Waals surface area (Å²) in [4.78, 5) is 2.63. The third-order valence-electron chi connectivity index (χ3n) is 6.42. The third kappa shape index (κ3) is 4.90. The largest absolute Gasteiger partial charge is 0.299 e. The minimum Gasteiger partial charge on any atom is -0.299 e. The van der Waals surface area contributed by atoms with E-state index in [1.165, 1.54) is 36.2 Å². The SMILES string of the molecule is CCCCS(=O)(=O)NCc1ccc2c(c1)C(Cc1ccccc1)C(N1CCC1)C2. The molecule has 1 N–H and O–H groups in total. The van der Waals surface area contributed by atoms with Gasteiger partial charge >= 0.3 is 0 Å². The Balaban J connectivity index is 1.53. The van der Waals surface area contributed by atoms with Crippen LogP contribution >= 0.6 is 0 Å². The van der Waals surface area contributed by atoms with Crippen molar-refractivity contribution in [2.75, 3.05) is 18.8 Å². The molecule has 2 atom stereocenters. The van der Waals surface area contributed by atoms with Crippen molar-refractivity contribution in [2.24, 2.45) is 0 Å². The molecule has 0 aromatic heterocycles. The molecule has 1 saturated heterocycles. The number of unbranched alkanes of at least 4 members (excludes halogenated alkanes) is 1. The van der Waals surface area contributed by atoms with E-state index in [0.29, 0.717) is 24.9 Å². The molecule has 4 nitrogen and oxygen atoms in total. The number of fused-ring (bicyclic) bond motifs is 1. The Kier molecular flexibility index (Phi) is 6.38. The molecule has 4 rings (SSSR count). The molecule has 2 aliphatic rings. The molecule has 1 fully saturated rings. The summed E-state index contributed by atoms with van der Waals surface area (Å²) in [5.41, 5.74) is 5.28. The number of likely N-dealkylation sites (tertiary alicyclic amines) is 1. The smallest absolute Gasteiger partial charge is 0.211 e. The van der Waals surface area contributed by atoms with Crippen LogP contribution in [0, 0.1) is 0 Å². The number of sulfonamides is 1. The van der Waals surface area contributed by atoms with Crippen molar-refractivity contribution < 1.29 is 8.42 Å². The highest BCUT2D eigenvalue weighted by Crippen LogP contribution is 2.40. The Bertz CT molecular complexity index is 923. The number of hydrogen-bond donors (Lipinski definition) is 1. The first-order valence-electron chi connectivity index (χ1n) is 10.9. The van der Waals surface area contributed by atoms with Crippen molar-refractivity contribution in [1.82, 2.24) is 9.62 Å². The molecule has 0 saturated carbocycles. The number of rotatable bonds is 9. The van der Waals surface area contributed by atoms with Crippen LogP contribution in [0.5, 0.6) is 0 Å². The van der Waals surface area contributed by atoms with Gasteiger partial charge in [-0.05, 0) is 61.0 Å². The molecule has 1 heterocycles. The normalized spacial score (nSPS) is 21.7. The van der Waals surface area contributed by atoms with Crippen molar-refractivity contribution >= 4 is 10.0 Å². The number of hydrogen-bond acceptors (Lipinski definition) is 3. The van der Waals surface area contributed by atoms with Gasteiger partial charge in [0.1, 0.15) is 0 Å². The first-order valence-corrected chi connectivity index (χ1v) is 12.6. The summed E-state index contributed by atoms with van der Waals surface area (Å²) in [7, 11) is -3.20. The van der Waals surface area contributed by atoms with Crippen molar-refractivity contribution in [1.29, 1.82) is 0 Å². The zero-order chi connectivity index (χ0) is 20.3. The maximum Gasteiger partial charge on any atom is 0.211 e. The maximum atomic E-state index is 12.2. The highest BCUT2D eigenvalue weighted by molar-refractivity contribution is 7.89. The van der Waals surface area contributed by atoms with Gasteiger partial charge in [-0.15, -0.1) is 0 Å². The lowest BCUT2D eigenvalue weighted by molar-refractivity contribution is 0.106. The van der Waals surface area contributed by atoms with E-state index in [2.05, 4.69) is 58.2 Å². The molecule has 2 unspecified atom stereocenters. The monoisotopic (exact) mass is 412 g/mol. The van der Waals surface area contributed by atoms with E-state index in [-0.39, 0.29) is 5.75 Å². The first-order chi connectivity index (χ1) is 14.1. The molecular weight excluding hydrogens is 380 g/mol. The molecule has 1 aliphatic carbocycles. The second-order valence-corrected chi connectivity index (χ2v) is 10.4. The first kappa shape index (κ1) is 20.6. The summed E-state index contributed by atoms with van der Waals surface area (Å²) in [5, 5.41) is 0. The molecule has 0 bridgehead atoms. The summed E-state index contributed by atoms with van der Waals surface area (Å²) in [5.74, 6) is 0.687. The molecule has 29 heavy (non-hydrogen) atoms. The molecular formula is C24H32N2O2S. The summed E-state index contributed by atoms with van der Waals surface area (Å²) in [6.45, 7) is 4.80. The predicted molar refractivity (Wildman–Crippen MR) is 119 cm³/mol. The Morgan fingerprint density at radius 1 is 1.07 bits per heavy atom. The van der Waals surface area contributed by atoms with Crippen molar-refractivity contribution in [3.05, 3.63) is 70.8 Å². The average Bonchev–Trinajstić information content (AvgIpc) is 3.02. The molecule has 156 valence electrons. The van der Waals surface area contributed by atoms with Crippen LogP contribution in [-0.2, 0) is 29.4 Å². The van der Waals surface area contributed by atoms with Gasteiger partial charge in [0.05, 0.1) is 5.75 Å². The van der Waals surface area contributed by atoms with Gasteiger partial charge < -0.3 is 0 Å². The fraction of sp³-hybridized carbons (Fsp3) is 0.500. The lowest BCUT2D eigenvalue weighted by Gasteiger charge is -2.39. The maximum absolute atomic E-state index is 12.2. The van der Waals surface area contributed by atoms with Crippen LogP contribution in [0.2, 0.25) is 0 Å². The molecule has 2 aromatic carbocycles. The molecule has 0 radical (unpaired) electrons. The van der Waals surface area contributed by atoms with Gasteiger partial charge in [0.25, 0.3) is 0 Å². The average molecular weight is 413 g/mol. The van der Waals surface area contributed by atoms with E-state index in [4.69, 9.17) is 0 Å². The van der Waals surface area contributed by atoms with E-state index in [1.54, 1.807) is 0 Å². The summed E-state index contributed by atoms with van der Waals surface area (Å²) < 4.78 is 27.1. The number of benzene rings is 2. The molecule has 0 spiro atoms. The van der Waals surface area contributed by atoms with Crippen LogP contribution in [0.15, 0.2) is 48.5 Å². The minimum atomic E-state index is -3.20. The van der Waals surface area contributed by atoms with Crippen molar-refractivity contribution in [3.63, 3.8) is 0 Å². The summed E-state index contributed by atoms with van der Waals surface area (Å²) in [6.07, 6.45) is 5.04. The number of nitrogens with zero attached hydrogens (tertiary/aromatic N) is 1. The van der Waals surface area contributed by atoms with Gasteiger partial charge in [-0.3, -0.25) is 4.90 Å². The second-order valence-electron chi connectivity index (χ2n) is 8.48. The van der Waals surface area contributed by atoms with Crippen LogP contribution < -0.4 is 4.72 Å². The lowest BCUT2D eigenvalue weighted by Crippen LogP contribution is -2.47. The fourth-order valence-electron chi connectivity index (χ4n) is 4.63. The fourth-order valence-corrected chi connectivity index (χ4v) is 5.83. The van der Waals surface area contributed by atoms with Crippen molar-refractivity contribution in [2.45, 2.75) is 57.5 Å². The van der Waals surface area contributed by atoms with Crippen LogP contribution in [0.1, 0.15) is 54.4 Å². The Labute approximate surface area is 175 Å². The van der Waals surface area contributed by atoms with E-state index in [9.17, 15) is 8.42 Å². The quantitative estimate of drug-likeness (QED) is 0.680. The molecule has 2 aromatic rings. The topological polar surface area (TPSA) is 49.4 Å². The van der Waals surface area contributed by atoms with Gasteiger partial charge in [-0.25, -0.2) is 13.1 Å². The zero-order valence-corrected chi connectivity index (χ0v) is 18.1. The summed E-state index contributed by atoms with van der Waals surface area (Å²) in [6, 6.07) is 17.9. The highest BCUT2D eigenvalue weighted by atomic mass is 32.2. The molecule has 0 amide bonds. The third-order valence-corrected chi connectivity index (χ3v) is 7.83. The van der Waals surface area contributed by atoms with Gasteiger partial charge in [-0.2, -0.15) is 0 Å². The van der Waals surface area contributed by atoms with Gasteiger partial charge in [0.15, 0.2) is 0 Å². The van der Waals surface area contributed by atoms with E-state index in [1.807, 2.05) is 6.92 Å². The van der Waals surface area contributed by atoms with E-state index in [0.717, 1.165) is 24.8 Å². The predicted octanol–water partition coefficient (Wildman–Crippen LogP) is 3.86. The Hall–Kier alpha value is -1.69. The summed E-state index contributed by atoms with van der Waals surface area (Å²) >= 11 is 0. The van der Waals surface area contributed by atoms with Crippen LogP contribution in [-0.4, -0.2) is 38.2 Å². The lowest BCUT2D eigenvalue weighted by atomic mass is 9.88. The van der Waals surface area contributed by atoms with Gasteiger partial charge in [0.2, 0.25) is 10.0 Å². The zero-order valence-electron chi connectivity index (χ0n) is 17.3. The van der Waals surface area contributed by atoms with Crippen LogP contribution in [0.3, 0.4) is 0 Å². The highest BCUT2D eigenvalue weighted by Gasteiger charge is 2.38. The minimum absolute atomic E-state index is 0.210. The number of nitrogens with one attached hydrogen (secondary N) is 1. The van der Waals surface area contributed by atoms with E-state index < -0.39 is 10.0 Å².